The average molecular weight is 222 g/mol. The number of rotatable bonds is 6. The standard InChI is InChI=1S/C11H18N4O/c1-3-5-6-7-13-10-9(12)11(16-4-2)15-8-14-10/h3,5,8H,4,6-7,12H2,1-2H3,(H,13,14,15)/b5-3+. The first-order valence-corrected chi connectivity index (χ1v) is 5.37. The van der Waals surface area contributed by atoms with Crippen LogP contribution in [0.3, 0.4) is 0 Å². The van der Waals surface area contributed by atoms with Gasteiger partial charge in [0, 0.05) is 6.54 Å². The molecule has 0 aliphatic carbocycles. The van der Waals surface area contributed by atoms with Crippen molar-refractivity contribution in [1.82, 2.24) is 9.97 Å². The number of nitrogens with two attached hydrogens (primary N) is 1. The molecule has 88 valence electrons. The van der Waals surface area contributed by atoms with Crippen LogP contribution in [0.15, 0.2) is 18.5 Å². The minimum atomic E-state index is 0.436. The summed E-state index contributed by atoms with van der Waals surface area (Å²) in [7, 11) is 0. The predicted molar refractivity (Wildman–Crippen MR) is 65.5 cm³/mol. The molecule has 5 heteroatoms. The van der Waals surface area contributed by atoms with E-state index in [-0.39, 0.29) is 0 Å². The second-order valence-corrected chi connectivity index (χ2v) is 3.16. The zero-order chi connectivity index (χ0) is 11.8. The summed E-state index contributed by atoms with van der Waals surface area (Å²) in [6.07, 6.45) is 6.47. The first-order chi connectivity index (χ1) is 7.79. The van der Waals surface area contributed by atoms with E-state index in [1.54, 1.807) is 0 Å². The van der Waals surface area contributed by atoms with E-state index in [0.29, 0.717) is 24.0 Å². The fourth-order valence-corrected chi connectivity index (χ4v) is 1.21. The topological polar surface area (TPSA) is 73.1 Å². The molecule has 0 atom stereocenters. The number of allylic oxidation sites excluding steroid dienone is 1. The Morgan fingerprint density at radius 1 is 1.50 bits per heavy atom. The van der Waals surface area contributed by atoms with Gasteiger partial charge >= 0.3 is 0 Å². The van der Waals surface area contributed by atoms with E-state index in [9.17, 15) is 0 Å². The monoisotopic (exact) mass is 222 g/mol. The van der Waals surface area contributed by atoms with Gasteiger partial charge in [0.15, 0.2) is 5.82 Å². The van der Waals surface area contributed by atoms with Crippen LogP contribution in [0.4, 0.5) is 11.5 Å². The number of nitrogens with one attached hydrogen (secondary N) is 1. The fourth-order valence-electron chi connectivity index (χ4n) is 1.21. The van der Waals surface area contributed by atoms with Crippen molar-refractivity contribution in [3.8, 4) is 5.88 Å². The lowest BCUT2D eigenvalue weighted by Crippen LogP contribution is -2.08. The predicted octanol–water partition coefficient (Wildman–Crippen LogP) is 1.84. The summed E-state index contributed by atoms with van der Waals surface area (Å²) in [6.45, 7) is 5.21. The molecule has 1 rings (SSSR count). The first-order valence-electron chi connectivity index (χ1n) is 5.37. The lowest BCUT2D eigenvalue weighted by atomic mass is 10.3. The van der Waals surface area contributed by atoms with Gasteiger partial charge in [-0.1, -0.05) is 12.2 Å². The quantitative estimate of drug-likeness (QED) is 0.567. The van der Waals surface area contributed by atoms with Crippen LogP contribution in [0, 0.1) is 0 Å². The molecule has 0 bridgehead atoms. The Morgan fingerprint density at radius 2 is 2.31 bits per heavy atom. The Labute approximate surface area is 95.7 Å². The highest BCUT2D eigenvalue weighted by Crippen LogP contribution is 2.24. The van der Waals surface area contributed by atoms with Crippen molar-refractivity contribution in [3.63, 3.8) is 0 Å². The van der Waals surface area contributed by atoms with Gasteiger partial charge in [-0.3, -0.25) is 0 Å². The van der Waals surface area contributed by atoms with Crippen LogP contribution in [-0.4, -0.2) is 23.1 Å². The number of hydrogen-bond donors (Lipinski definition) is 2. The zero-order valence-corrected chi connectivity index (χ0v) is 9.73. The smallest absolute Gasteiger partial charge is 0.242 e. The lowest BCUT2D eigenvalue weighted by Gasteiger charge is -2.10. The molecular formula is C11H18N4O. The van der Waals surface area contributed by atoms with Crippen molar-refractivity contribution < 1.29 is 4.74 Å². The Morgan fingerprint density at radius 3 is 3.00 bits per heavy atom. The van der Waals surface area contributed by atoms with Crippen molar-refractivity contribution in [2.24, 2.45) is 0 Å². The summed E-state index contributed by atoms with van der Waals surface area (Å²) in [6, 6.07) is 0. The number of aromatic nitrogens is 2. The third kappa shape index (κ3) is 3.42. The van der Waals surface area contributed by atoms with Crippen LogP contribution in [0.25, 0.3) is 0 Å². The lowest BCUT2D eigenvalue weighted by molar-refractivity contribution is 0.328. The summed E-state index contributed by atoms with van der Waals surface area (Å²) in [5.74, 6) is 1.06. The number of ether oxygens (including phenoxy) is 1. The van der Waals surface area contributed by atoms with Gasteiger partial charge in [-0.2, -0.15) is 4.98 Å². The highest BCUT2D eigenvalue weighted by molar-refractivity contribution is 5.66. The van der Waals surface area contributed by atoms with E-state index in [1.807, 2.05) is 19.9 Å². The van der Waals surface area contributed by atoms with E-state index < -0.39 is 0 Å². The highest BCUT2D eigenvalue weighted by Gasteiger charge is 2.07. The van der Waals surface area contributed by atoms with E-state index in [2.05, 4.69) is 21.4 Å². The number of anilines is 2. The molecule has 0 aliphatic heterocycles. The molecule has 1 aromatic heterocycles. The van der Waals surface area contributed by atoms with Gasteiger partial charge in [-0.25, -0.2) is 4.98 Å². The maximum Gasteiger partial charge on any atom is 0.242 e. The van der Waals surface area contributed by atoms with E-state index >= 15 is 0 Å². The van der Waals surface area contributed by atoms with E-state index in [0.717, 1.165) is 13.0 Å². The highest BCUT2D eigenvalue weighted by atomic mass is 16.5. The second-order valence-electron chi connectivity index (χ2n) is 3.16. The van der Waals surface area contributed by atoms with Gasteiger partial charge in [0.1, 0.15) is 12.0 Å². The molecule has 3 N–H and O–H groups in total. The van der Waals surface area contributed by atoms with E-state index in [1.165, 1.54) is 6.33 Å². The van der Waals surface area contributed by atoms with Crippen LogP contribution in [0.5, 0.6) is 5.88 Å². The van der Waals surface area contributed by atoms with Crippen LogP contribution in [0.1, 0.15) is 20.3 Å². The van der Waals surface area contributed by atoms with Crippen LogP contribution in [0.2, 0.25) is 0 Å². The summed E-state index contributed by atoms with van der Waals surface area (Å²) in [5, 5.41) is 3.14. The van der Waals surface area contributed by atoms with Gasteiger partial charge in [-0.05, 0) is 20.3 Å². The molecule has 0 unspecified atom stereocenters. The molecule has 0 radical (unpaired) electrons. The minimum Gasteiger partial charge on any atom is -0.476 e. The van der Waals surface area contributed by atoms with Crippen LogP contribution in [-0.2, 0) is 0 Å². The maximum absolute atomic E-state index is 5.85. The molecule has 1 aromatic rings. The molecule has 1 heterocycles. The van der Waals surface area contributed by atoms with Crippen molar-refractivity contribution >= 4 is 11.5 Å². The van der Waals surface area contributed by atoms with E-state index in [4.69, 9.17) is 10.5 Å². The Hall–Kier alpha value is -1.78. The fraction of sp³-hybridized carbons (Fsp3) is 0.455. The van der Waals surface area contributed by atoms with Crippen molar-refractivity contribution in [1.29, 1.82) is 0 Å². The van der Waals surface area contributed by atoms with Crippen LogP contribution >= 0.6 is 0 Å². The molecule has 16 heavy (non-hydrogen) atoms. The molecule has 0 aliphatic rings. The molecule has 0 aromatic carbocycles. The zero-order valence-electron chi connectivity index (χ0n) is 9.73. The summed E-state index contributed by atoms with van der Waals surface area (Å²) < 4.78 is 5.27. The van der Waals surface area contributed by atoms with Crippen molar-refractivity contribution in [2.75, 3.05) is 24.2 Å². The molecule has 0 amide bonds. The normalized spacial score (nSPS) is 10.6. The van der Waals surface area contributed by atoms with Gasteiger partial charge in [-0.15, -0.1) is 0 Å². The molecule has 0 saturated carbocycles. The first kappa shape index (κ1) is 12.3. The van der Waals surface area contributed by atoms with Gasteiger partial charge in [0.05, 0.1) is 6.61 Å². The Kier molecular flexibility index (Phi) is 5.11. The van der Waals surface area contributed by atoms with Gasteiger partial charge in [0.25, 0.3) is 0 Å². The minimum absolute atomic E-state index is 0.436. The Balaban J connectivity index is 2.61. The molecule has 0 saturated heterocycles. The largest absolute Gasteiger partial charge is 0.476 e. The Bertz CT molecular complexity index is 352. The summed E-state index contributed by atoms with van der Waals surface area (Å²) in [5.41, 5.74) is 6.32. The van der Waals surface area contributed by atoms with Crippen LogP contribution < -0.4 is 15.8 Å². The second kappa shape index (κ2) is 6.66. The molecule has 0 fully saturated rings. The SMILES string of the molecule is C/C=C/CCNc1ncnc(OCC)c1N. The molecule has 0 spiro atoms. The maximum atomic E-state index is 5.85. The van der Waals surface area contributed by atoms with Gasteiger partial charge in [0.2, 0.25) is 5.88 Å². The summed E-state index contributed by atoms with van der Waals surface area (Å²) >= 11 is 0. The molecule has 5 nitrogen and oxygen atoms in total. The third-order valence-electron chi connectivity index (χ3n) is 1.97. The third-order valence-corrected chi connectivity index (χ3v) is 1.97. The average Bonchev–Trinajstić information content (AvgIpc) is 2.29. The number of nitrogens with zero attached hydrogens (tertiary/aromatic N) is 2. The molecular weight excluding hydrogens is 204 g/mol. The van der Waals surface area contributed by atoms with Crippen molar-refractivity contribution in [3.05, 3.63) is 18.5 Å². The van der Waals surface area contributed by atoms with Gasteiger partial charge < -0.3 is 15.8 Å². The number of hydrogen-bond acceptors (Lipinski definition) is 5. The summed E-state index contributed by atoms with van der Waals surface area (Å²) in [4.78, 5) is 8.03. The van der Waals surface area contributed by atoms with Crippen molar-refractivity contribution in [2.45, 2.75) is 20.3 Å². The number of nitrogen functional groups attached to an aromatic ring is 1.